The summed E-state index contributed by atoms with van der Waals surface area (Å²) in [6.45, 7) is 0. The van der Waals surface area contributed by atoms with E-state index in [9.17, 15) is 5.11 Å². The van der Waals surface area contributed by atoms with Crippen LogP contribution in [0.3, 0.4) is 0 Å². The number of nitrogen functional groups attached to an aromatic ring is 1. The summed E-state index contributed by atoms with van der Waals surface area (Å²) in [6, 6.07) is 4.71. The van der Waals surface area contributed by atoms with E-state index in [4.69, 9.17) is 10.5 Å². The number of benzene rings is 1. The molecule has 3 aromatic rings. The van der Waals surface area contributed by atoms with Crippen molar-refractivity contribution in [3.8, 4) is 17.4 Å². The molecule has 0 bridgehead atoms. The minimum Gasteiger partial charge on any atom is -0.506 e. The fourth-order valence-electron chi connectivity index (χ4n) is 1.46. The van der Waals surface area contributed by atoms with Gasteiger partial charge in [-0.2, -0.15) is 4.52 Å². The van der Waals surface area contributed by atoms with Gasteiger partial charge in [0.05, 0.1) is 12.4 Å². The molecular formula is C10H8N6O2. The van der Waals surface area contributed by atoms with Crippen LogP contribution in [0.1, 0.15) is 0 Å². The number of aromatic nitrogens is 5. The molecule has 0 aliphatic carbocycles. The first-order valence-electron chi connectivity index (χ1n) is 5.03. The van der Waals surface area contributed by atoms with Crippen molar-refractivity contribution < 1.29 is 9.84 Å². The number of phenolic OH excluding ortho intramolecular Hbond substituents is 1. The van der Waals surface area contributed by atoms with Gasteiger partial charge in [-0.1, -0.05) is 6.07 Å². The maximum absolute atomic E-state index is 9.48. The van der Waals surface area contributed by atoms with E-state index in [1.165, 1.54) is 23.0 Å². The SMILES string of the molecule is Nc1c(O)cccc1Oc1cncc2nnnn12. The lowest BCUT2D eigenvalue weighted by Crippen LogP contribution is -1.99. The Hall–Kier alpha value is -2.90. The number of anilines is 1. The molecule has 90 valence electrons. The first-order valence-corrected chi connectivity index (χ1v) is 5.03. The minimum absolute atomic E-state index is 0.0515. The Morgan fingerprint density at radius 3 is 3.06 bits per heavy atom. The van der Waals surface area contributed by atoms with E-state index in [0.717, 1.165) is 0 Å². The molecule has 0 saturated heterocycles. The van der Waals surface area contributed by atoms with E-state index in [2.05, 4.69) is 20.5 Å². The zero-order valence-electron chi connectivity index (χ0n) is 9.06. The summed E-state index contributed by atoms with van der Waals surface area (Å²) in [5.74, 6) is 0.555. The van der Waals surface area contributed by atoms with Crippen LogP contribution in [0.2, 0.25) is 0 Å². The molecule has 2 aromatic heterocycles. The molecule has 3 rings (SSSR count). The Morgan fingerprint density at radius 2 is 2.17 bits per heavy atom. The third-order valence-electron chi connectivity index (χ3n) is 2.33. The van der Waals surface area contributed by atoms with Gasteiger partial charge in [0.15, 0.2) is 5.75 Å². The van der Waals surface area contributed by atoms with Crippen LogP contribution >= 0.6 is 0 Å². The lowest BCUT2D eigenvalue weighted by atomic mass is 10.3. The van der Waals surface area contributed by atoms with Crippen molar-refractivity contribution in [2.75, 3.05) is 5.73 Å². The fraction of sp³-hybridized carbons (Fsp3) is 0. The molecule has 8 heteroatoms. The van der Waals surface area contributed by atoms with Gasteiger partial charge >= 0.3 is 0 Å². The van der Waals surface area contributed by atoms with E-state index in [-0.39, 0.29) is 11.4 Å². The number of ether oxygens (including phenoxy) is 1. The Balaban J connectivity index is 2.06. The van der Waals surface area contributed by atoms with Gasteiger partial charge < -0.3 is 15.6 Å². The van der Waals surface area contributed by atoms with Crippen molar-refractivity contribution >= 4 is 11.3 Å². The summed E-state index contributed by atoms with van der Waals surface area (Å²) in [6.07, 6.45) is 2.95. The van der Waals surface area contributed by atoms with E-state index >= 15 is 0 Å². The van der Waals surface area contributed by atoms with E-state index < -0.39 is 0 Å². The van der Waals surface area contributed by atoms with Crippen molar-refractivity contribution in [2.24, 2.45) is 0 Å². The van der Waals surface area contributed by atoms with Crippen LogP contribution in [0.5, 0.6) is 17.4 Å². The molecule has 1 aromatic carbocycles. The molecule has 18 heavy (non-hydrogen) atoms. The quantitative estimate of drug-likeness (QED) is 0.501. The van der Waals surface area contributed by atoms with Gasteiger partial charge in [-0.15, -0.1) is 5.10 Å². The number of para-hydroxylation sites is 1. The van der Waals surface area contributed by atoms with Crippen LogP contribution in [-0.4, -0.2) is 30.1 Å². The number of nitrogens with two attached hydrogens (primary N) is 1. The highest BCUT2D eigenvalue weighted by Gasteiger charge is 2.10. The summed E-state index contributed by atoms with van der Waals surface area (Å²) in [4.78, 5) is 3.94. The third-order valence-corrected chi connectivity index (χ3v) is 2.33. The average Bonchev–Trinajstić information content (AvgIpc) is 2.84. The van der Waals surface area contributed by atoms with Crippen LogP contribution in [0.15, 0.2) is 30.6 Å². The highest BCUT2D eigenvalue weighted by molar-refractivity contribution is 5.62. The second kappa shape index (κ2) is 3.84. The second-order valence-corrected chi connectivity index (χ2v) is 3.49. The summed E-state index contributed by atoms with van der Waals surface area (Å²) < 4.78 is 6.91. The number of phenols is 1. The topological polar surface area (TPSA) is 111 Å². The summed E-state index contributed by atoms with van der Waals surface area (Å²) in [7, 11) is 0. The van der Waals surface area contributed by atoms with Crippen LogP contribution in [0, 0.1) is 0 Å². The van der Waals surface area contributed by atoms with Gasteiger partial charge in [0, 0.05) is 0 Å². The molecule has 0 aliphatic rings. The van der Waals surface area contributed by atoms with Crippen LogP contribution in [0.25, 0.3) is 5.65 Å². The molecule has 0 amide bonds. The Morgan fingerprint density at radius 1 is 1.28 bits per heavy atom. The zero-order chi connectivity index (χ0) is 12.5. The molecule has 2 heterocycles. The zero-order valence-corrected chi connectivity index (χ0v) is 9.06. The highest BCUT2D eigenvalue weighted by Crippen LogP contribution is 2.33. The molecule has 0 unspecified atom stereocenters. The highest BCUT2D eigenvalue weighted by atomic mass is 16.5. The lowest BCUT2D eigenvalue weighted by Gasteiger charge is -2.08. The minimum atomic E-state index is -0.0515. The van der Waals surface area contributed by atoms with Gasteiger partial charge in [0.1, 0.15) is 11.4 Å². The number of tetrazole rings is 1. The fourth-order valence-corrected chi connectivity index (χ4v) is 1.46. The first-order chi connectivity index (χ1) is 8.75. The molecular weight excluding hydrogens is 236 g/mol. The number of fused-ring (bicyclic) bond motifs is 1. The number of hydrogen-bond acceptors (Lipinski definition) is 7. The first kappa shape index (κ1) is 10.3. The largest absolute Gasteiger partial charge is 0.506 e. The van der Waals surface area contributed by atoms with Gasteiger partial charge in [0.2, 0.25) is 11.5 Å². The Bertz CT molecular complexity index is 710. The standard InChI is InChI=1S/C10H8N6O2/c11-10-6(17)2-1-3-7(10)18-9-5-12-4-8-13-14-15-16(8)9/h1-5,17H,11H2. The predicted octanol–water partition coefficient (Wildman–Crippen LogP) is 0.599. The van der Waals surface area contributed by atoms with E-state index in [1.54, 1.807) is 12.1 Å². The lowest BCUT2D eigenvalue weighted by molar-refractivity contribution is 0.435. The number of rotatable bonds is 2. The third kappa shape index (κ3) is 1.56. The maximum Gasteiger partial charge on any atom is 0.242 e. The van der Waals surface area contributed by atoms with Crippen molar-refractivity contribution in [3.63, 3.8) is 0 Å². The molecule has 0 fully saturated rings. The molecule has 0 spiro atoms. The normalized spacial score (nSPS) is 10.7. The van der Waals surface area contributed by atoms with Crippen LogP contribution in [-0.2, 0) is 0 Å². The summed E-state index contributed by atoms with van der Waals surface area (Å²) >= 11 is 0. The summed E-state index contributed by atoms with van der Waals surface area (Å²) in [5.41, 5.74) is 6.28. The Labute approximate surface area is 101 Å². The average molecular weight is 244 g/mol. The molecule has 0 aliphatic heterocycles. The summed E-state index contributed by atoms with van der Waals surface area (Å²) in [5, 5.41) is 20.5. The van der Waals surface area contributed by atoms with E-state index in [0.29, 0.717) is 17.3 Å². The van der Waals surface area contributed by atoms with Crippen LogP contribution < -0.4 is 10.5 Å². The molecule has 0 radical (unpaired) electrons. The van der Waals surface area contributed by atoms with Crippen LogP contribution in [0.4, 0.5) is 5.69 Å². The van der Waals surface area contributed by atoms with Crippen molar-refractivity contribution in [3.05, 3.63) is 30.6 Å². The van der Waals surface area contributed by atoms with Crippen molar-refractivity contribution in [2.45, 2.75) is 0 Å². The van der Waals surface area contributed by atoms with Crippen molar-refractivity contribution in [1.82, 2.24) is 25.0 Å². The molecule has 0 saturated carbocycles. The van der Waals surface area contributed by atoms with Crippen molar-refractivity contribution in [1.29, 1.82) is 0 Å². The van der Waals surface area contributed by atoms with Gasteiger partial charge in [-0.25, -0.2) is 0 Å². The monoisotopic (exact) mass is 244 g/mol. The predicted molar refractivity (Wildman–Crippen MR) is 61.2 cm³/mol. The molecule has 8 nitrogen and oxygen atoms in total. The number of aromatic hydroxyl groups is 1. The second-order valence-electron chi connectivity index (χ2n) is 3.49. The molecule has 3 N–H and O–H groups in total. The number of hydrogen-bond donors (Lipinski definition) is 2. The van der Waals surface area contributed by atoms with Gasteiger partial charge in [0.25, 0.3) is 0 Å². The van der Waals surface area contributed by atoms with Gasteiger partial charge in [-0.05, 0) is 22.6 Å². The van der Waals surface area contributed by atoms with E-state index in [1.807, 2.05) is 0 Å². The number of nitrogens with zero attached hydrogens (tertiary/aromatic N) is 5. The smallest absolute Gasteiger partial charge is 0.242 e. The van der Waals surface area contributed by atoms with Gasteiger partial charge in [-0.3, -0.25) is 4.98 Å². The maximum atomic E-state index is 9.48. The Kier molecular flexibility index (Phi) is 2.19. The molecule has 0 atom stereocenters.